The fourth-order valence-electron chi connectivity index (χ4n) is 2.66. The summed E-state index contributed by atoms with van der Waals surface area (Å²) in [5.41, 5.74) is 4.82. The summed E-state index contributed by atoms with van der Waals surface area (Å²) >= 11 is 0. The van der Waals surface area contributed by atoms with Crippen molar-refractivity contribution in [3.8, 4) is 11.3 Å². The molecule has 104 valence electrons. The number of rotatable bonds is 4. The SMILES string of the molecule is CCNc1ncc(C)c(-c2cccc(C3CCC3)c2)n1. The lowest BCUT2D eigenvalue weighted by Crippen LogP contribution is -2.08. The van der Waals surface area contributed by atoms with E-state index in [9.17, 15) is 0 Å². The third kappa shape index (κ3) is 2.53. The van der Waals surface area contributed by atoms with E-state index in [-0.39, 0.29) is 0 Å². The minimum absolute atomic E-state index is 0.710. The number of aromatic nitrogens is 2. The minimum atomic E-state index is 0.710. The van der Waals surface area contributed by atoms with Crippen molar-refractivity contribution in [2.75, 3.05) is 11.9 Å². The Morgan fingerprint density at radius 3 is 2.85 bits per heavy atom. The Bertz CT molecular complexity index is 603. The predicted molar refractivity (Wildman–Crippen MR) is 83.0 cm³/mol. The second-order valence-electron chi connectivity index (χ2n) is 5.51. The standard InChI is InChI=1S/C17H21N3/c1-3-18-17-19-11-12(2)16(20-17)15-9-5-8-14(10-15)13-6-4-7-13/h5,8-11,13H,3-4,6-7H2,1-2H3,(H,18,19,20). The molecule has 20 heavy (non-hydrogen) atoms. The van der Waals surface area contributed by atoms with Gasteiger partial charge in [0.1, 0.15) is 0 Å². The maximum atomic E-state index is 4.65. The maximum absolute atomic E-state index is 4.65. The molecule has 1 fully saturated rings. The van der Waals surface area contributed by atoms with Gasteiger partial charge in [0.25, 0.3) is 0 Å². The lowest BCUT2D eigenvalue weighted by molar-refractivity contribution is 0.420. The molecule has 1 N–H and O–H groups in total. The van der Waals surface area contributed by atoms with Crippen LogP contribution in [0.25, 0.3) is 11.3 Å². The number of benzene rings is 1. The first-order chi connectivity index (χ1) is 9.78. The molecule has 0 atom stereocenters. The number of nitrogens with zero attached hydrogens (tertiary/aromatic N) is 2. The van der Waals surface area contributed by atoms with E-state index >= 15 is 0 Å². The summed E-state index contributed by atoms with van der Waals surface area (Å²) in [5.74, 6) is 1.47. The largest absolute Gasteiger partial charge is 0.354 e. The Hall–Kier alpha value is -1.90. The topological polar surface area (TPSA) is 37.8 Å². The number of hydrogen-bond donors (Lipinski definition) is 1. The molecule has 1 aromatic heterocycles. The van der Waals surface area contributed by atoms with Gasteiger partial charge in [-0.25, -0.2) is 9.97 Å². The number of anilines is 1. The summed E-state index contributed by atoms with van der Waals surface area (Å²) in [5, 5.41) is 3.18. The smallest absolute Gasteiger partial charge is 0.223 e. The van der Waals surface area contributed by atoms with E-state index in [1.807, 2.05) is 6.20 Å². The number of aryl methyl sites for hydroxylation is 1. The van der Waals surface area contributed by atoms with Crippen molar-refractivity contribution in [2.24, 2.45) is 0 Å². The molecule has 3 rings (SSSR count). The Labute approximate surface area is 120 Å². The number of hydrogen-bond acceptors (Lipinski definition) is 3. The zero-order chi connectivity index (χ0) is 13.9. The summed E-state index contributed by atoms with van der Waals surface area (Å²) in [6, 6.07) is 8.84. The molecule has 2 aromatic rings. The quantitative estimate of drug-likeness (QED) is 0.904. The summed E-state index contributed by atoms with van der Waals surface area (Å²) in [7, 11) is 0. The third-order valence-corrected chi connectivity index (χ3v) is 4.04. The lowest BCUT2D eigenvalue weighted by Gasteiger charge is -2.26. The average Bonchev–Trinajstić information content (AvgIpc) is 2.40. The zero-order valence-corrected chi connectivity index (χ0v) is 12.2. The molecule has 1 heterocycles. The molecule has 0 amide bonds. The molecule has 1 saturated carbocycles. The molecule has 0 bridgehead atoms. The van der Waals surface area contributed by atoms with Crippen LogP contribution in [0, 0.1) is 6.92 Å². The third-order valence-electron chi connectivity index (χ3n) is 4.04. The first-order valence-corrected chi connectivity index (χ1v) is 7.45. The molecule has 1 aliphatic carbocycles. The van der Waals surface area contributed by atoms with Gasteiger partial charge < -0.3 is 5.32 Å². The molecule has 3 heteroatoms. The molecule has 0 aliphatic heterocycles. The normalized spacial score (nSPS) is 14.9. The fraction of sp³-hybridized carbons (Fsp3) is 0.412. The summed E-state index contributed by atoms with van der Waals surface area (Å²) < 4.78 is 0. The summed E-state index contributed by atoms with van der Waals surface area (Å²) in [4.78, 5) is 8.97. The molecule has 1 aliphatic rings. The van der Waals surface area contributed by atoms with Crippen LogP contribution in [0.3, 0.4) is 0 Å². The monoisotopic (exact) mass is 267 g/mol. The maximum Gasteiger partial charge on any atom is 0.223 e. The van der Waals surface area contributed by atoms with Gasteiger partial charge in [-0.15, -0.1) is 0 Å². The van der Waals surface area contributed by atoms with E-state index in [0.29, 0.717) is 5.95 Å². The lowest BCUT2D eigenvalue weighted by atomic mass is 9.79. The second-order valence-corrected chi connectivity index (χ2v) is 5.51. The first-order valence-electron chi connectivity index (χ1n) is 7.45. The van der Waals surface area contributed by atoms with Crippen LogP contribution < -0.4 is 5.32 Å². The zero-order valence-electron chi connectivity index (χ0n) is 12.2. The molecule has 0 unspecified atom stereocenters. The van der Waals surface area contributed by atoms with Crippen LogP contribution in [0.15, 0.2) is 30.5 Å². The van der Waals surface area contributed by atoms with Gasteiger partial charge in [0.05, 0.1) is 5.69 Å². The molecule has 0 spiro atoms. The van der Waals surface area contributed by atoms with Gasteiger partial charge in [-0.2, -0.15) is 0 Å². The highest BCUT2D eigenvalue weighted by Gasteiger charge is 2.20. The minimum Gasteiger partial charge on any atom is -0.354 e. The fourth-order valence-corrected chi connectivity index (χ4v) is 2.66. The van der Waals surface area contributed by atoms with Crippen LogP contribution in [0.1, 0.15) is 43.2 Å². The van der Waals surface area contributed by atoms with Crippen LogP contribution >= 0.6 is 0 Å². The van der Waals surface area contributed by atoms with E-state index in [4.69, 9.17) is 0 Å². The molecule has 0 radical (unpaired) electrons. The van der Waals surface area contributed by atoms with Crippen molar-refractivity contribution < 1.29 is 0 Å². The Morgan fingerprint density at radius 1 is 1.30 bits per heavy atom. The van der Waals surface area contributed by atoms with Crippen LogP contribution in [-0.2, 0) is 0 Å². The molecular weight excluding hydrogens is 246 g/mol. The van der Waals surface area contributed by atoms with Crippen LogP contribution in [0.5, 0.6) is 0 Å². The Balaban J connectivity index is 1.96. The van der Waals surface area contributed by atoms with Crippen molar-refractivity contribution >= 4 is 5.95 Å². The van der Waals surface area contributed by atoms with Gasteiger partial charge in [0.2, 0.25) is 5.95 Å². The van der Waals surface area contributed by atoms with E-state index in [1.54, 1.807) is 0 Å². The highest BCUT2D eigenvalue weighted by atomic mass is 15.1. The average molecular weight is 267 g/mol. The first kappa shape index (κ1) is 13.1. The number of nitrogens with one attached hydrogen (secondary N) is 1. The van der Waals surface area contributed by atoms with Gasteiger partial charge in [-0.05, 0) is 49.8 Å². The predicted octanol–water partition coefficient (Wildman–Crippen LogP) is 4.15. The van der Waals surface area contributed by atoms with Crippen molar-refractivity contribution in [1.82, 2.24) is 9.97 Å². The molecule has 0 saturated heterocycles. The van der Waals surface area contributed by atoms with E-state index in [2.05, 4.69) is 53.4 Å². The van der Waals surface area contributed by atoms with Crippen molar-refractivity contribution in [3.05, 3.63) is 41.6 Å². The van der Waals surface area contributed by atoms with Gasteiger partial charge in [-0.3, -0.25) is 0 Å². The second kappa shape index (κ2) is 5.61. The summed E-state index contributed by atoms with van der Waals surface area (Å²) in [6.45, 7) is 4.96. The molecular formula is C17H21N3. The summed E-state index contributed by atoms with van der Waals surface area (Å²) in [6.07, 6.45) is 5.92. The van der Waals surface area contributed by atoms with E-state index in [0.717, 1.165) is 23.7 Å². The van der Waals surface area contributed by atoms with E-state index < -0.39 is 0 Å². The van der Waals surface area contributed by atoms with Gasteiger partial charge in [-0.1, -0.05) is 24.6 Å². The molecule has 1 aromatic carbocycles. The van der Waals surface area contributed by atoms with Crippen LogP contribution in [0.4, 0.5) is 5.95 Å². The van der Waals surface area contributed by atoms with Crippen molar-refractivity contribution in [3.63, 3.8) is 0 Å². The van der Waals surface area contributed by atoms with Gasteiger partial charge >= 0.3 is 0 Å². The van der Waals surface area contributed by atoms with Gasteiger partial charge in [0, 0.05) is 18.3 Å². The molecule has 3 nitrogen and oxygen atoms in total. The van der Waals surface area contributed by atoms with Crippen LogP contribution in [0.2, 0.25) is 0 Å². The highest BCUT2D eigenvalue weighted by Crippen LogP contribution is 2.37. The highest BCUT2D eigenvalue weighted by molar-refractivity contribution is 5.64. The van der Waals surface area contributed by atoms with Crippen LogP contribution in [-0.4, -0.2) is 16.5 Å². The van der Waals surface area contributed by atoms with Gasteiger partial charge in [0.15, 0.2) is 0 Å². The van der Waals surface area contributed by atoms with Crippen molar-refractivity contribution in [2.45, 2.75) is 39.0 Å². The Kier molecular flexibility index (Phi) is 3.68. The van der Waals surface area contributed by atoms with Crippen molar-refractivity contribution in [1.29, 1.82) is 0 Å². The Morgan fingerprint density at radius 2 is 2.15 bits per heavy atom. The van der Waals surface area contributed by atoms with E-state index in [1.165, 1.54) is 30.4 Å².